The number of hydrogen-bond acceptors (Lipinski definition) is 2. The van der Waals surface area contributed by atoms with E-state index in [-0.39, 0.29) is 5.78 Å². The summed E-state index contributed by atoms with van der Waals surface area (Å²) in [4.78, 5) is 11.8. The summed E-state index contributed by atoms with van der Waals surface area (Å²) in [5.41, 5.74) is 3.13. The number of Topliss-reactive ketones (excluding diaryl/α,β-unsaturated/α-hetero) is 1. The van der Waals surface area contributed by atoms with Gasteiger partial charge in [0.1, 0.15) is 0 Å². The highest BCUT2D eigenvalue weighted by atomic mass is 32.2. The van der Waals surface area contributed by atoms with Gasteiger partial charge in [0, 0.05) is 5.56 Å². The zero-order chi connectivity index (χ0) is 12.8. The van der Waals surface area contributed by atoms with Crippen molar-refractivity contribution in [1.29, 1.82) is 0 Å². The Morgan fingerprint density at radius 3 is 2.17 bits per heavy atom. The van der Waals surface area contributed by atoms with Crippen LogP contribution in [0.5, 0.6) is 0 Å². The van der Waals surface area contributed by atoms with Crippen LogP contribution in [0.15, 0.2) is 54.6 Å². The topological polar surface area (TPSA) is 17.1 Å². The lowest BCUT2D eigenvalue weighted by Gasteiger charge is -2.03. The van der Waals surface area contributed by atoms with Crippen molar-refractivity contribution in [1.82, 2.24) is 0 Å². The zero-order valence-electron chi connectivity index (χ0n) is 10.4. The minimum atomic E-state index is 0.210. The Bertz CT molecular complexity index is 502. The second kappa shape index (κ2) is 6.41. The molecule has 0 heterocycles. The van der Waals surface area contributed by atoms with Gasteiger partial charge in [-0.05, 0) is 16.9 Å². The van der Waals surface area contributed by atoms with Crippen LogP contribution in [-0.2, 0) is 0 Å². The van der Waals surface area contributed by atoms with E-state index in [1.807, 2.05) is 42.5 Å². The van der Waals surface area contributed by atoms with Gasteiger partial charge < -0.3 is 0 Å². The Hall–Kier alpha value is -1.54. The molecule has 2 aromatic carbocycles. The first-order valence-corrected chi connectivity index (χ1v) is 7.23. The molecule has 0 fully saturated rings. The third kappa shape index (κ3) is 3.23. The molecule has 0 aliphatic heterocycles. The van der Waals surface area contributed by atoms with Crippen LogP contribution in [-0.4, -0.2) is 17.3 Å². The van der Waals surface area contributed by atoms with E-state index < -0.39 is 0 Å². The van der Waals surface area contributed by atoms with Crippen LogP contribution >= 0.6 is 11.8 Å². The van der Waals surface area contributed by atoms with E-state index in [2.05, 4.69) is 19.1 Å². The highest BCUT2D eigenvalue weighted by molar-refractivity contribution is 7.99. The first-order chi connectivity index (χ1) is 8.81. The Balaban J connectivity index is 2.13. The largest absolute Gasteiger partial charge is 0.293 e. The van der Waals surface area contributed by atoms with Crippen LogP contribution < -0.4 is 0 Å². The summed E-state index contributed by atoms with van der Waals surface area (Å²) in [5.74, 6) is 1.76. The summed E-state index contributed by atoms with van der Waals surface area (Å²) in [5, 5.41) is 0. The molecule has 92 valence electrons. The van der Waals surface area contributed by atoms with Crippen LogP contribution in [0.25, 0.3) is 11.1 Å². The normalized spacial score (nSPS) is 10.3. The van der Waals surface area contributed by atoms with E-state index in [1.54, 1.807) is 11.8 Å². The van der Waals surface area contributed by atoms with Gasteiger partial charge in [0.2, 0.25) is 0 Å². The molecule has 1 nitrogen and oxygen atoms in total. The quantitative estimate of drug-likeness (QED) is 0.742. The molecule has 0 radical (unpaired) electrons. The molecule has 0 aromatic heterocycles. The number of benzene rings is 2. The summed E-state index contributed by atoms with van der Waals surface area (Å²) >= 11 is 1.66. The third-order valence-corrected chi connectivity index (χ3v) is 3.63. The molecule has 0 unspecified atom stereocenters. The van der Waals surface area contributed by atoms with E-state index >= 15 is 0 Å². The fraction of sp³-hybridized carbons (Fsp3) is 0.188. The fourth-order valence-corrected chi connectivity index (χ4v) is 2.31. The Labute approximate surface area is 112 Å². The van der Waals surface area contributed by atoms with Gasteiger partial charge in [-0.15, -0.1) is 0 Å². The predicted octanol–water partition coefficient (Wildman–Crippen LogP) is 4.29. The summed E-state index contributed by atoms with van der Waals surface area (Å²) in [6, 6.07) is 18.1. The maximum absolute atomic E-state index is 11.8. The Kier molecular flexibility index (Phi) is 4.59. The first-order valence-electron chi connectivity index (χ1n) is 6.07. The third-order valence-electron chi connectivity index (χ3n) is 2.75. The minimum Gasteiger partial charge on any atom is -0.293 e. The van der Waals surface area contributed by atoms with Gasteiger partial charge in [0.05, 0.1) is 5.75 Å². The molecular weight excluding hydrogens is 240 g/mol. The number of hydrogen-bond donors (Lipinski definition) is 0. The lowest BCUT2D eigenvalue weighted by molar-refractivity contribution is 0.102. The van der Waals surface area contributed by atoms with Gasteiger partial charge >= 0.3 is 0 Å². The molecule has 0 atom stereocenters. The van der Waals surface area contributed by atoms with Gasteiger partial charge in [-0.1, -0.05) is 61.5 Å². The molecule has 0 saturated heterocycles. The first kappa shape index (κ1) is 12.9. The van der Waals surface area contributed by atoms with Gasteiger partial charge in [-0.2, -0.15) is 11.8 Å². The van der Waals surface area contributed by atoms with Gasteiger partial charge in [0.25, 0.3) is 0 Å². The van der Waals surface area contributed by atoms with Crippen LogP contribution in [0.3, 0.4) is 0 Å². The van der Waals surface area contributed by atoms with Crippen molar-refractivity contribution >= 4 is 17.5 Å². The van der Waals surface area contributed by atoms with Crippen molar-refractivity contribution in [2.24, 2.45) is 0 Å². The van der Waals surface area contributed by atoms with Crippen LogP contribution in [0.1, 0.15) is 17.3 Å². The van der Waals surface area contributed by atoms with Gasteiger partial charge in [-0.25, -0.2) is 0 Å². The summed E-state index contributed by atoms with van der Waals surface area (Å²) in [7, 11) is 0. The van der Waals surface area contributed by atoms with E-state index in [0.29, 0.717) is 5.75 Å². The lowest BCUT2D eigenvalue weighted by atomic mass is 10.0. The van der Waals surface area contributed by atoms with Crippen molar-refractivity contribution in [3.8, 4) is 11.1 Å². The molecule has 0 N–H and O–H groups in total. The average Bonchev–Trinajstić information content (AvgIpc) is 2.46. The van der Waals surface area contributed by atoms with Crippen molar-refractivity contribution in [3.63, 3.8) is 0 Å². The van der Waals surface area contributed by atoms with E-state index in [0.717, 1.165) is 16.9 Å². The number of rotatable bonds is 5. The van der Waals surface area contributed by atoms with Crippen molar-refractivity contribution in [2.75, 3.05) is 11.5 Å². The number of carbonyl (C=O) groups is 1. The maximum Gasteiger partial charge on any atom is 0.172 e. The van der Waals surface area contributed by atoms with E-state index in [4.69, 9.17) is 0 Å². The van der Waals surface area contributed by atoms with E-state index in [1.165, 1.54) is 5.56 Å². The summed E-state index contributed by atoms with van der Waals surface area (Å²) in [6.07, 6.45) is 0. The van der Waals surface area contributed by atoms with Gasteiger partial charge in [-0.3, -0.25) is 4.79 Å². The number of ketones is 1. The average molecular weight is 256 g/mol. The smallest absolute Gasteiger partial charge is 0.172 e. The summed E-state index contributed by atoms with van der Waals surface area (Å²) < 4.78 is 0. The molecule has 18 heavy (non-hydrogen) atoms. The fourth-order valence-electron chi connectivity index (χ4n) is 1.76. The molecule has 0 spiro atoms. The maximum atomic E-state index is 11.8. The predicted molar refractivity (Wildman–Crippen MR) is 79.2 cm³/mol. The molecule has 2 rings (SSSR count). The second-order valence-corrected chi connectivity index (χ2v) is 5.28. The molecule has 0 aliphatic carbocycles. The monoisotopic (exact) mass is 256 g/mol. The number of carbonyl (C=O) groups excluding carboxylic acids is 1. The molecule has 0 amide bonds. The Morgan fingerprint density at radius 1 is 0.944 bits per heavy atom. The van der Waals surface area contributed by atoms with Crippen molar-refractivity contribution < 1.29 is 4.79 Å². The standard InChI is InChI=1S/C16H16OS/c1-2-18-12-16(17)15-10-8-14(9-11-15)13-6-4-3-5-7-13/h3-11H,2,12H2,1H3. The van der Waals surface area contributed by atoms with Crippen LogP contribution in [0.2, 0.25) is 0 Å². The second-order valence-electron chi connectivity index (χ2n) is 4.00. The Morgan fingerprint density at radius 2 is 1.56 bits per heavy atom. The molecule has 0 bridgehead atoms. The van der Waals surface area contributed by atoms with Crippen LogP contribution in [0, 0.1) is 0 Å². The van der Waals surface area contributed by atoms with Crippen LogP contribution in [0.4, 0.5) is 0 Å². The minimum absolute atomic E-state index is 0.210. The van der Waals surface area contributed by atoms with Crippen molar-refractivity contribution in [3.05, 3.63) is 60.2 Å². The highest BCUT2D eigenvalue weighted by Crippen LogP contribution is 2.19. The molecule has 0 aliphatic rings. The van der Waals surface area contributed by atoms with Gasteiger partial charge in [0.15, 0.2) is 5.78 Å². The SMILES string of the molecule is CCSCC(=O)c1ccc(-c2ccccc2)cc1. The zero-order valence-corrected chi connectivity index (χ0v) is 11.2. The molecular formula is C16H16OS. The molecule has 2 aromatic rings. The number of thioether (sulfide) groups is 1. The summed E-state index contributed by atoms with van der Waals surface area (Å²) in [6.45, 7) is 2.07. The van der Waals surface area contributed by atoms with E-state index in [9.17, 15) is 4.79 Å². The molecule has 0 saturated carbocycles. The molecule has 2 heteroatoms. The van der Waals surface area contributed by atoms with Crippen molar-refractivity contribution in [2.45, 2.75) is 6.92 Å². The highest BCUT2D eigenvalue weighted by Gasteiger charge is 2.05. The lowest BCUT2D eigenvalue weighted by Crippen LogP contribution is -2.02.